The van der Waals surface area contributed by atoms with Crippen LogP contribution in [0.25, 0.3) is 0 Å². The third-order valence-electron chi connectivity index (χ3n) is 2.81. The lowest BCUT2D eigenvalue weighted by Gasteiger charge is -2.38. The van der Waals surface area contributed by atoms with E-state index in [-0.39, 0.29) is 22.9 Å². The molecule has 2 amide bonds. The normalized spacial score (nSPS) is 16.6. The Morgan fingerprint density at radius 2 is 0.938 bits per heavy atom. The molecule has 4 N–H and O–H groups in total. The van der Waals surface area contributed by atoms with E-state index in [9.17, 15) is 9.59 Å². The van der Waals surface area contributed by atoms with E-state index in [1.165, 1.54) is 0 Å². The van der Waals surface area contributed by atoms with Crippen molar-refractivity contribution in [2.24, 2.45) is 11.5 Å². The molecular weight excluding hydrogens is 236 g/mol. The van der Waals surface area contributed by atoms with Crippen LogP contribution in [0.4, 0.5) is 0 Å². The van der Waals surface area contributed by atoms with Gasteiger partial charge in [-0.15, -0.1) is 0 Å². The van der Waals surface area contributed by atoms with Crippen molar-refractivity contribution in [3.05, 3.63) is 0 Å². The maximum Gasteiger partial charge on any atom is 0.218 e. The molecule has 0 saturated heterocycles. The highest BCUT2D eigenvalue weighted by molar-refractivity contribution is 6.87. The van der Waals surface area contributed by atoms with E-state index in [0.29, 0.717) is 0 Å². The van der Waals surface area contributed by atoms with Crippen LogP contribution in [0.1, 0.15) is 0 Å². The van der Waals surface area contributed by atoms with Crippen LogP contribution in [0.15, 0.2) is 0 Å². The van der Waals surface area contributed by atoms with Crippen LogP contribution < -0.4 is 11.5 Å². The number of hydrogen-bond donors (Lipinski definition) is 2. The van der Waals surface area contributed by atoms with E-state index >= 15 is 0 Å². The molecule has 0 fully saturated rings. The number of hydrogen-bond acceptors (Lipinski definition) is 2. The molecule has 2 atom stereocenters. The number of carbonyl (C=O) groups excluding carboxylic acids is 2. The fourth-order valence-electron chi connectivity index (χ4n) is 2.18. The zero-order chi connectivity index (χ0) is 13.3. The number of primary amides is 2. The number of amides is 2. The van der Waals surface area contributed by atoms with Crippen molar-refractivity contribution in [3.63, 3.8) is 0 Å². The molecule has 94 valence electrons. The lowest BCUT2D eigenvalue weighted by molar-refractivity contribution is -0.123. The van der Waals surface area contributed by atoms with Gasteiger partial charge in [-0.2, -0.15) is 0 Å². The first-order valence-corrected chi connectivity index (χ1v) is 12.6. The Labute approximate surface area is 99.8 Å². The second kappa shape index (κ2) is 4.71. The lowest BCUT2D eigenvalue weighted by Crippen LogP contribution is -2.51. The van der Waals surface area contributed by atoms with Crippen molar-refractivity contribution in [2.75, 3.05) is 0 Å². The Bertz CT molecular complexity index is 262. The standard InChI is InChI=1S/C10H24N2O2Si2/c1-15(2,3)7(9(11)13)8(10(12)14)16(4,5)6/h7-8H,1-6H3,(H2,11,13)(H2,12,14). The zero-order valence-corrected chi connectivity index (χ0v) is 13.1. The van der Waals surface area contributed by atoms with Crippen LogP contribution in [-0.2, 0) is 9.59 Å². The van der Waals surface area contributed by atoms with E-state index in [0.717, 1.165) is 0 Å². The Balaban J connectivity index is 5.48. The van der Waals surface area contributed by atoms with E-state index in [1.807, 2.05) is 0 Å². The highest BCUT2D eigenvalue weighted by atomic mass is 28.3. The average molecular weight is 260 g/mol. The molecule has 0 radical (unpaired) electrons. The molecule has 0 saturated carbocycles. The highest BCUT2D eigenvalue weighted by Crippen LogP contribution is 2.40. The first-order chi connectivity index (χ1) is 6.89. The van der Waals surface area contributed by atoms with Crippen LogP contribution in [0.2, 0.25) is 50.4 Å². The molecule has 4 nitrogen and oxygen atoms in total. The van der Waals surface area contributed by atoms with Gasteiger partial charge in [-0.25, -0.2) is 0 Å². The summed E-state index contributed by atoms with van der Waals surface area (Å²) in [6.45, 7) is 12.3. The molecule has 0 rings (SSSR count). The summed E-state index contributed by atoms with van der Waals surface area (Å²) in [5.41, 5.74) is 10.2. The van der Waals surface area contributed by atoms with Gasteiger partial charge < -0.3 is 11.5 Å². The maximum atomic E-state index is 11.6. The predicted molar refractivity (Wildman–Crippen MR) is 72.6 cm³/mol. The molecular formula is C10H24N2O2Si2. The topological polar surface area (TPSA) is 86.2 Å². The van der Waals surface area contributed by atoms with Crippen LogP contribution in [0, 0.1) is 0 Å². The number of nitrogens with two attached hydrogens (primary N) is 2. The second-order valence-electron chi connectivity index (χ2n) is 6.49. The average Bonchev–Trinajstić information content (AvgIpc) is 1.92. The minimum Gasteiger partial charge on any atom is -0.370 e. The molecule has 0 heterocycles. The third-order valence-corrected chi connectivity index (χ3v) is 8.11. The number of carbonyl (C=O) groups is 2. The summed E-state index contributed by atoms with van der Waals surface area (Å²) in [5.74, 6) is -0.740. The minimum atomic E-state index is -1.83. The molecule has 0 aromatic carbocycles. The molecule has 0 aromatic rings. The van der Waals surface area contributed by atoms with Crippen molar-refractivity contribution >= 4 is 28.0 Å². The fraction of sp³-hybridized carbons (Fsp3) is 0.800. The van der Waals surface area contributed by atoms with Gasteiger partial charge in [0.1, 0.15) is 0 Å². The van der Waals surface area contributed by atoms with Gasteiger partial charge in [-0.05, 0) is 0 Å². The fourth-order valence-corrected chi connectivity index (χ4v) is 9.22. The van der Waals surface area contributed by atoms with E-state index in [2.05, 4.69) is 39.3 Å². The maximum absolute atomic E-state index is 11.6. The molecule has 2 unspecified atom stereocenters. The quantitative estimate of drug-likeness (QED) is 0.732. The Morgan fingerprint density at radius 1 is 0.750 bits per heavy atom. The molecule has 0 aliphatic heterocycles. The summed E-state index contributed by atoms with van der Waals surface area (Å²) in [4.78, 5) is 23.2. The molecule has 0 aromatic heterocycles. The minimum absolute atomic E-state index is 0.350. The molecule has 0 spiro atoms. The lowest BCUT2D eigenvalue weighted by atomic mass is 10.2. The van der Waals surface area contributed by atoms with Gasteiger partial charge >= 0.3 is 0 Å². The number of rotatable bonds is 5. The summed E-state index contributed by atoms with van der Waals surface area (Å²) < 4.78 is 0. The van der Waals surface area contributed by atoms with E-state index < -0.39 is 16.1 Å². The van der Waals surface area contributed by atoms with Crippen LogP contribution in [0.5, 0.6) is 0 Å². The highest BCUT2D eigenvalue weighted by Gasteiger charge is 2.46. The van der Waals surface area contributed by atoms with Gasteiger partial charge in [0.25, 0.3) is 0 Å². The van der Waals surface area contributed by atoms with Crippen LogP contribution >= 0.6 is 0 Å². The van der Waals surface area contributed by atoms with Gasteiger partial charge in [0, 0.05) is 11.1 Å². The smallest absolute Gasteiger partial charge is 0.218 e. The van der Waals surface area contributed by atoms with Gasteiger partial charge in [-0.1, -0.05) is 39.3 Å². The van der Waals surface area contributed by atoms with Gasteiger partial charge in [-0.3, -0.25) is 9.59 Å². The van der Waals surface area contributed by atoms with Gasteiger partial charge in [0.05, 0.1) is 16.1 Å². The summed E-state index contributed by atoms with van der Waals surface area (Å²) in [6.07, 6.45) is 0. The third kappa shape index (κ3) is 3.75. The summed E-state index contributed by atoms with van der Waals surface area (Å²) in [5, 5.41) is 0. The molecule has 0 aliphatic rings. The van der Waals surface area contributed by atoms with Crippen LogP contribution in [0.3, 0.4) is 0 Å². The van der Waals surface area contributed by atoms with Crippen molar-refractivity contribution in [3.8, 4) is 0 Å². The molecule has 16 heavy (non-hydrogen) atoms. The first kappa shape index (κ1) is 15.4. The zero-order valence-electron chi connectivity index (χ0n) is 11.1. The SMILES string of the molecule is C[Si](C)(C)C(C(N)=O)C(C(N)=O)[Si](C)(C)C. The summed E-state index contributed by atoms with van der Waals surface area (Å²) in [7, 11) is -3.65. The van der Waals surface area contributed by atoms with Crippen molar-refractivity contribution in [1.29, 1.82) is 0 Å². The van der Waals surface area contributed by atoms with E-state index in [1.54, 1.807) is 0 Å². The van der Waals surface area contributed by atoms with Crippen LogP contribution in [-0.4, -0.2) is 28.0 Å². The predicted octanol–water partition coefficient (Wildman–Crippen LogP) is 1.37. The Morgan fingerprint density at radius 3 is 1.00 bits per heavy atom. The van der Waals surface area contributed by atoms with Crippen molar-refractivity contribution in [2.45, 2.75) is 50.4 Å². The Hall–Kier alpha value is -0.626. The molecule has 0 aliphatic carbocycles. The molecule has 6 heteroatoms. The van der Waals surface area contributed by atoms with Crippen molar-refractivity contribution in [1.82, 2.24) is 0 Å². The van der Waals surface area contributed by atoms with Gasteiger partial charge in [0.2, 0.25) is 11.8 Å². The summed E-state index contributed by atoms with van der Waals surface area (Å²) in [6, 6.07) is 0. The monoisotopic (exact) mass is 260 g/mol. The largest absolute Gasteiger partial charge is 0.370 e. The summed E-state index contributed by atoms with van der Waals surface area (Å²) >= 11 is 0. The van der Waals surface area contributed by atoms with Gasteiger partial charge in [0.15, 0.2) is 0 Å². The second-order valence-corrected chi connectivity index (χ2v) is 17.2. The van der Waals surface area contributed by atoms with E-state index in [4.69, 9.17) is 11.5 Å². The molecule has 0 bridgehead atoms. The Kier molecular flexibility index (Phi) is 4.52. The first-order valence-electron chi connectivity index (χ1n) is 5.47. The van der Waals surface area contributed by atoms with Crippen molar-refractivity contribution < 1.29 is 9.59 Å².